The summed E-state index contributed by atoms with van der Waals surface area (Å²) < 4.78 is 250. The number of furan rings is 1. The second-order valence-corrected chi connectivity index (χ2v) is 10.3. The molecule has 0 aliphatic rings. The third-order valence-electron chi connectivity index (χ3n) is 7.84. The monoisotopic (exact) mass is 623 g/mol. The highest BCUT2D eigenvalue weighted by atomic mass is 16.3. The minimum atomic E-state index is -1.01. The fraction of sp³-hybridized carbons (Fsp3) is 0. The van der Waals surface area contributed by atoms with Gasteiger partial charge >= 0.3 is 0 Å². The molecule has 1 nitrogen and oxygen atoms in total. The van der Waals surface area contributed by atoms with Crippen LogP contribution < -0.4 is 0 Å². The van der Waals surface area contributed by atoms with Gasteiger partial charge in [0.15, 0.2) is 0 Å². The van der Waals surface area contributed by atoms with E-state index in [9.17, 15) is 12.3 Å². The van der Waals surface area contributed by atoms with E-state index < -0.39 is 262 Å². The first-order valence-corrected chi connectivity index (χ1v) is 14.0. The van der Waals surface area contributed by atoms with E-state index in [0.29, 0.717) is 0 Å². The first kappa shape index (κ1) is 11.0. The summed E-state index contributed by atoms with van der Waals surface area (Å²) in [5.74, 6) is 0. The average Bonchev–Trinajstić information content (AvgIpc) is 3.77. The number of hydrogen-bond acceptors (Lipinski definition) is 1. The van der Waals surface area contributed by atoms with E-state index in [1.54, 1.807) is 0 Å². The highest BCUT2D eigenvalue weighted by Gasteiger charge is 2.21. The Morgan fingerprint density at radius 2 is 0.979 bits per heavy atom. The molecule has 0 bridgehead atoms. The maximum Gasteiger partial charge on any atom is 0.136 e. The van der Waals surface area contributed by atoms with Crippen LogP contribution in [0.3, 0.4) is 0 Å². The Morgan fingerprint density at radius 1 is 0.362 bits per heavy atom. The molecule has 0 aliphatic carbocycles. The molecular weight excluding hydrogens is 569 g/mol. The van der Waals surface area contributed by atoms with Crippen molar-refractivity contribution in [2.45, 2.75) is 0 Å². The zero-order valence-corrected chi connectivity index (χ0v) is 23.5. The molecule has 0 radical (unpaired) electrons. The molecule has 0 atom stereocenters. The van der Waals surface area contributed by atoms with Crippen LogP contribution in [0.2, 0.25) is 0 Å². The van der Waals surface area contributed by atoms with Gasteiger partial charge in [0.1, 0.15) is 11.2 Å². The fourth-order valence-corrected chi connectivity index (χ4v) is 5.92. The topological polar surface area (TPSA) is 13.1 Å². The molecule has 1 heteroatoms. The summed E-state index contributed by atoms with van der Waals surface area (Å²) in [6.45, 7) is 0. The Kier molecular flexibility index (Phi) is 2.37. The number of rotatable bonds is 3. The molecule has 0 aliphatic heterocycles. The Labute approximate surface area is 309 Å². The SMILES string of the molecule is [2H]c1cc2c(-c3c([2H])c([2H])c([2H])c([2H])c3[2H])c([2H])c(-c3c4c([2H])c([2H])c([2H])c([2H])c4c(-c4c([2H])c([2H])c([2H])c5oc6c([2H])c7c([2H])c([2H])c([2H])c([2H])c7c([2H])c6c45)c4c([2H])c([2H])c([2H])c([2H])c34)c([2H])c2c([2H])c1[2H]. The molecule has 47 heavy (non-hydrogen) atoms. The molecule has 0 unspecified atom stereocenters. The highest BCUT2D eigenvalue weighted by Crippen LogP contribution is 2.48. The molecule has 10 aromatic rings. The molecule has 0 saturated heterocycles. The quantitative estimate of drug-likeness (QED) is 0.178. The van der Waals surface area contributed by atoms with Crippen LogP contribution in [0, 0.1) is 0 Å². The van der Waals surface area contributed by atoms with Crippen LogP contribution in [-0.2, 0) is 0 Å². The molecule has 0 amide bonds. The molecule has 0 N–H and O–H groups in total. The maximum atomic E-state index is 9.98. The van der Waals surface area contributed by atoms with E-state index >= 15 is 0 Å². The van der Waals surface area contributed by atoms with Gasteiger partial charge in [-0.05, 0) is 107 Å². The summed E-state index contributed by atoms with van der Waals surface area (Å²) in [6.07, 6.45) is 0. The van der Waals surface area contributed by atoms with Crippen molar-refractivity contribution in [1.29, 1.82) is 0 Å². The van der Waals surface area contributed by atoms with E-state index in [1.165, 1.54) is 0 Å². The zero-order chi connectivity index (χ0) is 54.4. The van der Waals surface area contributed by atoms with Crippen molar-refractivity contribution in [3.8, 4) is 33.4 Å². The second kappa shape index (κ2) is 10.2. The van der Waals surface area contributed by atoms with Gasteiger partial charge in [0, 0.05) is 10.8 Å². The summed E-state index contributed by atoms with van der Waals surface area (Å²) in [6, 6.07) is -23.1. The molecule has 218 valence electrons. The van der Waals surface area contributed by atoms with Gasteiger partial charge in [-0.2, -0.15) is 0 Å². The van der Waals surface area contributed by atoms with E-state index in [0.717, 1.165) is 6.07 Å². The highest BCUT2D eigenvalue weighted by molar-refractivity contribution is 6.26. The lowest BCUT2D eigenvalue weighted by Crippen LogP contribution is -1.92. The smallest absolute Gasteiger partial charge is 0.136 e. The first-order chi connectivity index (χ1) is 34.6. The summed E-state index contributed by atoms with van der Waals surface area (Å²) in [5, 5.41) is -6.01. The third kappa shape index (κ3) is 3.97. The van der Waals surface area contributed by atoms with Crippen LogP contribution in [0.1, 0.15) is 37.0 Å². The largest absolute Gasteiger partial charge is 0.456 e. The molecule has 9 aromatic carbocycles. The van der Waals surface area contributed by atoms with Crippen molar-refractivity contribution >= 4 is 65.0 Å². The lowest BCUT2D eigenvalue weighted by molar-refractivity contribution is 0.669. The van der Waals surface area contributed by atoms with Gasteiger partial charge in [-0.1, -0.05) is 139 Å². The van der Waals surface area contributed by atoms with Gasteiger partial charge in [-0.15, -0.1) is 0 Å². The molecule has 0 spiro atoms. The Balaban J connectivity index is 1.58. The van der Waals surface area contributed by atoms with Crippen molar-refractivity contribution in [3.63, 3.8) is 0 Å². The molecule has 0 saturated carbocycles. The molecule has 0 fully saturated rings. The van der Waals surface area contributed by atoms with Crippen LogP contribution in [0.15, 0.2) is 174 Å². The van der Waals surface area contributed by atoms with Crippen LogP contribution in [-0.4, -0.2) is 0 Å². The first-order valence-electron chi connectivity index (χ1n) is 27.5. The van der Waals surface area contributed by atoms with Gasteiger partial charge in [-0.25, -0.2) is 0 Å². The van der Waals surface area contributed by atoms with Crippen molar-refractivity contribution in [1.82, 2.24) is 0 Å². The van der Waals surface area contributed by atoms with Gasteiger partial charge in [0.05, 0.1) is 37.0 Å². The van der Waals surface area contributed by atoms with Gasteiger partial charge in [-0.3, -0.25) is 0 Å². The Morgan fingerprint density at radius 3 is 1.72 bits per heavy atom. The van der Waals surface area contributed by atoms with E-state index in [2.05, 4.69) is 0 Å². The molecular formula is C46H28O. The standard InChI is InChI=1S/C46H28O/c1-2-13-29(14-3-1)40-27-33(25-32-17-6-7-18-34(32)40)44-35-19-8-10-21-37(35)45(38-22-11-9-20-36(38)44)39-23-12-24-42-46(39)41-26-30-15-4-5-16-31(30)28-43(41)47-42/h1-28H/i1D,2D,3D,4D,5D,6D,7D,8D,9D,10D,11D,12D,13D,14D,15D,16D,17D,19D,20D,21D,22D,23D,24D,25D,26D,27D,28D. The maximum absolute atomic E-state index is 9.98. The average molecular weight is 624 g/mol. The summed E-state index contributed by atoms with van der Waals surface area (Å²) in [4.78, 5) is 0. The lowest BCUT2D eigenvalue weighted by Gasteiger charge is -2.19. The van der Waals surface area contributed by atoms with Crippen LogP contribution in [0.25, 0.3) is 98.4 Å². The molecule has 10 rings (SSSR count). The lowest BCUT2D eigenvalue weighted by atomic mass is 9.83. The predicted octanol–water partition coefficient (Wildman–Crippen LogP) is 13.2. The van der Waals surface area contributed by atoms with Gasteiger partial charge < -0.3 is 4.42 Å². The van der Waals surface area contributed by atoms with Crippen LogP contribution in [0.4, 0.5) is 0 Å². The van der Waals surface area contributed by atoms with Crippen molar-refractivity contribution in [3.05, 3.63) is 169 Å². The van der Waals surface area contributed by atoms with Crippen molar-refractivity contribution < 1.29 is 41.4 Å². The third-order valence-corrected chi connectivity index (χ3v) is 7.84. The van der Waals surface area contributed by atoms with Gasteiger partial charge in [0.25, 0.3) is 0 Å². The van der Waals surface area contributed by atoms with Crippen LogP contribution in [0.5, 0.6) is 0 Å². The normalized spacial score (nSPS) is 19.9. The van der Waals surface area contributed by atoms with Crippen LogP contribution >= 0.6 is 0 Å². The van der Waals surface area contributed by atoms with E-state index in [1.807, 2.05) is 0 Å². The molecule has 1 aromatic heterocycles. The zero-order valence-electron chi connectivity index (χ0n) is 50.5. The fourth-order valence-electron chi connectivity index (χ4n) is 5.92. The number of benzene rings is 9. The predicted molar refractivity (Wildman–Crippen MR) is 200 cm³/mol. The van der Waals surface area contributed by atoms with Crippen molar-refractivity contribution in [2.75, 3.05) is 0 Å². The Bertz CT molecular complexity index is 4280. The molecule has 1 heterocycles. The van der Waals surface area contributed by atoms with E-state index in [-0.39, 0.29) is 0 Å². The minimum absolute atomic E-state index is 0.411. The van der Waals surface area contributed by atoms with Crippen molar-refractivity contribution in [2.24, 2.45) is 0 Å². The summed E-state index contributed by atoms with van der Waals surface area (Å²) >= 11 is 0. The Hall–Kier alpha value is -6.18. The number of hydrogen-bond donors (Lipinski definition) is 0. The van der Waals surface area contributed by atoms with Gasteiger partial charge in [0.2, 0.25) is 0 Å². The summed E-state index contributed by atoms with van der Waals surface area (Å²) in [5.41, 5.74) is -5.54. The minimum Gasteiger partial charge on any atom is -0.456 e. The number of fused-ring (bicyclic) bond motifs is 7. The second-order valence-electron chi connectivity index (χ2n) is 10.3. The van der Waals surface area contributed by atoms with E-state index in [4.69, 9.17) is 29.1 Å². The summed E-state index contributed by atoms with van der Waals surface area (Å²) in [7, 11) is 0.